The molecule has 1 aromatic rings. The number of hydrogen-bond acceptors (Lipinski definition) is 4. The largest absolute Gasteiger partial charge is 0.433 e. The fourth-order valence-corrected chi connectivity index (χ4v) is 4.32. The van der Waals surface area contributed by atoms with E-state index in [1.807, 2.05) is 0 Å². The van der Waals surface area contributed by atoms with Gasteiger partial charge in [-0.3, -0.25) is 4.68 Å². The number of alkyl halides is 3. The van der Waals surface area contributed by atoms with Crippen molar-refractivity contribution in [3.8, 4) is 0 Å². The normalized spacial score (nSPS) is 25.4. The van der Waals surface area contributed by atoms with Crippen LogP contribution in [0.25, 0.3) is 0 Å². The van der Waals surface area contributed by atoms with Gasteiger partial charge in [0.1, 0.15) is 5.69 Å². The first-order chi connectivity index (χ1) is 9.76. The Kier molecular flexibility index (Phi) is 3.52. The Bertz CT molecular complexity index is 635. The second-order valence-corrected chi connectivity index (χ2v) is 7.90. The van der Waals surface area contributed by atoms with Crippen LogP contribution in [0.15, 0.2) is 6.20 Å². The van der Waals surface area contributed by atoms with Gasteiger partial charge >= 0.3 is 6.18 Å². The SMILES string of the molecule is O=S1(=O)CCC(n2ncc(CNC3CC3)c2C(F)(F)F)C1. The number of rotatable bonds is 4. The molecule has 21 heavy (non-hydrogen) atoms. The number of hydrogen-bond donors (Lipinski definition) is 1. The molecule has 2 aliphatic rings. The molecule has 1 N–H and O–H groups in total. The molecule has 118 valence electrons. The predicted molar refractivity (Wildman–Crippen MR) is 69.4 cm³/mol. The van der Waals surface area contributed by atoms with Crippen LogP contribution < -0.4 is 5.32 Å². The van der Waals surface area contributed by atoms with Crippen LogP contribution in [0.5, 0.6) is 0 Å². The van der Waals surface area contributed by atoms with Crippen molar-refractivity contribution in [2.75, 3.05) is 11.5 Å². The molecule has 3 rings (SSSR count). The van der Waals surface area contributed by atoms with Gasteiger partial charge in [0, 0.05) is 18.2 Å². The lowest BCUT2D eigenvalue weighted by molar-refractivity contribution is -0.145. The van der Waals surface area contributed by atoms with Crippen molar-refractivity contribution in [3.63, 3.8) is 0 Å². The van der Waals surface area contributed by atoms with Gasteiger partial charge in [0.15, 0.2) is 9.84 Å². The number of aromatic nitrogens is 2. The zero-order valence-corrected chi connectivity index (χ0v) is 12.0. The topological polar surface area (TPSA) is 64.0 Å². The third-order valence-electron chi connectivity index (χ3n) is 3.85. The van der Waals surface area contributed by atoms with Crippen LogP contribution in [0.2, 0.25) is 0 Å². The molecule has 0 amide bonds. The van der Waals surface area contributed by atoms with E-state index in [2.05, 4.69) is 10.4 Å². The number of nitrogens with one attached hydrogen (secondary N) is 1. The summed E-state index contributed by atoms with van der Waals surface area (Å²) >= 11 is 0. The summed E-state index contributed by atoms with van der Waals surface area (Å²) < 4.78 is 63.7. The molecule has 1 aromatic heterocycles. The lowest BCUT2D eigenvalue weighted by atomic mass is 10.2. The van der Waals surface area contributed by atoms with Crippen molar-refractivity contribution in [2.45, 2.75) is 44.1 Å². The van der Waals surface area contributed by atoms with Gasteiger partial charge in [0.2, 0.25) is 0 Å². The van der Waals surface area contributed by atoms with Crippen LogP contribution in [0.1, 0.15) is 36.6 Å². The Morgan fingerprint density at radius 2 is 2.05 bits per heavy atom. The Balaban J connectivity index is 1.88. The minimum absolute atomic E-state index is 0.0789. The van der Waals surface area contributed by atoms with Gasteiger partial charge in [-0.25, -0.2) is 8.42 Å². The molecule has 2 fully saturated rings. The van der Waals surface area contributed by atoms with Crippen molar-refractivity contribution >= 4 is 9.84 Å². The highest BCUT2D eigenvalue weighted by Gasteiger charge is 2.42. The summed E-state index contributed by atoms with van der Waals surface area (Å²) in [4.78, 5) is 0. The molecule has 0 bridgehead atoms. The van der Waals surface area contributed by atoms with Crippen LogP contribution in [-0.4, -0.2) is 35.7 Å². The third kappa shape index (κ3) is 3.23. The summed E-state index contributed by atoms with van der Waals surface area (Å²) in [6.45, 7) is 0.110. The third-order valence-corrected chi connectivity index (χ3v) is 5.60. The molecule has 0 aromatic carbocycles. The van der Waals surface area contributed by atoms with Gasteiger partial charge in [0.25, 0.3) is 0 Å². The molecule has 1 atom stereocenters. The van der Waals surface area contributed by atoms with Gasteiger partial charge in [-0.05, 0) is 19.3 Å². The molecule has 2 heterocycles. The second kappa shape index (κ2) is 4.98. The van der Waals surface area contributed by atoms with Crippen LogP contribution in [0.3, 0.4) is 0 Å². The zero-order chi connectivity index (χ0) is 15.3. The lowest BCUT2D eigenvalue weighted by Crippen LogP contribution is -2.23. The van der Waals surface area contributed by atoms with E-state index in [0.29, 0.717) is 6.04 Å². The minimum Gasteiger partial charge on any atom is -0.310 e. The van der Waals surface area contributed by atoms with Crippen LogP contribution in [0, 0.1) is 0 Å². The van der Waals surface area contributed by atoms with Crippen LogP contribution in [0.4, 0.5) is 13.2 Å². The summed E-state index contributed by atoms with van der Waals surface area (Å²) in [5.41, 5.74) is -0.739. The maximum absolute atomic E-state index is 13.3. The van der Waals surface area contributed by atoms with E-state index in [1.165, 1.54) is 6.20 Å². The van der Waals surface area contributed by atoms with Crippen molar-refractivity contribution in [3.05, 3.63) is 17.5 Å². The summed E-state index contributed by atoms with van der Waals surface area (Å²) in [6, 6.07) is -0.428. The van der Waals surface area contributed by atoms with Gasteiger partial charge < -0.3 is 5.32 Å². The lowest BCUT2D eigenvalue weighted by Gasteiger charge is -2.16. The van der Waals surface area contributed by atoms with E-state index in [4.69, 9.17) is 0 Å². The predicted octanol–water partition coefficient (Wildman–Crippen LogP) is 1.51. The molecule has 1 saturated carbocycles. The van der Waals surface area contributed by atoms with Crippen molar-refractivity contribution in [2.24, 2.45) is 0 Å². The van der Waals surface area contributed by atoms with E-state index >= 15 is 0 Å². The summed E-state index contributed by atoms with van der Waals surface area (Å²) in [5, 5.41) is 6.85. The Hall–Kier alpha value is -1.09. The first-order valence-electron chi connectivity index (χ1n) is 6.84. The van der Waals surface area contributed by atoms with E-state index < -0.39 is 27.7 Å². The van der Waals surface area contributed by atoms with E-state index in [-0.39, 0.29) is 30.0 Å². The fraction of sp³-hybridized carbons (Fsp3) is 0.750. The highest BCUT2D eigenvalue weighted by molar-refractivity contribution is 7.91. The highest BCUT2D eigenvalue weighted by Crippen LogP contribution is 2.36. The van der Waals surface area contributed by atoms with Crippen molar-refractivity contribution < 1.29 is 21.6 Å². The molecule has 9 heteroatoms. The summed E-state index contributed by atoms with van der Waals surface area (Å²) in [6.07, 6.45) is -1.19. The first kappa shape index (κ1) is 14.8. The molecular formula is C12H16F3N3O2S. The summed E-state index contributed by atoms with van der Waals surface area (Å²) in [5.74, 6) is -0.349. The van der Waals surface area contributed by atoms with Crippen LogP contribution in [-0.2, 0) is 22.6 Å². The fourth-order valence-electron chi connectivity index (χ4n) is 2.63. The standard InChI is InChI=1S/C12H16F3N3O2S/c13-12(14,15)11-8(5-16-9-1-2-9)6-17-18(11)10-3-4-21(19,20)7-10/h6,9-10,16H,1-5,7H2. The smallest absolute Gasteiger partial charge is 0.310 e. The molecule has 1 aliphatic heterocycles. The minimum atomic E-state index is -4.54. The monoisotopic (exact) mass is 323 g/mol. The highest BCUT2D eigenvalue weighted by atomic mass is 32.2. The number of halogens is 3. The summed E-state index contributed by atoms with van der Waals surface area (Å²) in [7, 11) is -3.26. The maximum Gasteiger partial charge on any atom is 0.433 e. The van der Waals surface area contributed by atoms with E-state index in [1.54, 1.807) is 0 Å². The molecule has 0 spiro atoms. The van der Waals surface area contributed by atoms with Crippen LogP contribution >= 0.6 is 0 Å². The van der Waals surface area contributed by atoms with Gasteiger partial charge in [-0.15, -0.1) is 0 Å². The Morgan fingerprint density at radius 3 is 2.57 bits per heavy atom. The average molecular weight is 323 g/mol. The van der Waals surface area contributed by atoms with E-state index in [9.17, 15) is 21.6 Å². The molecule has 1 unspecified atom stereocenters. The van der Waals surface area contributed by atoms with Crippen molar-refractivity contribution in [1.82, 2.24) is 15.1 Å². The number of nitrogens with zero attached hydrogens (tertiary/aromatic N) is 2. The maximum atomic E-state index is 13.3. The average Bonchev–Trinajstić information content (AvgIpc) is 2.97. The molecule has 1 aliphatic carbocycles. The first-order valence-corrected chi connectivity index (χ1v) is 8.66. The van der Waals surface area contributed by atoms with Crippen molar-refractivity contribution in [1.29, 1.82) is 0 Å². The zero-order valence-electron chi connectivity index (χ0n) is 11.2. The molecule has 1 saturated heterocycles. The quantitative estimate of drug-likeness (QED) is 0.912. The van der Waals surface area contributed by atoms with Gasteiger partial charge in [0.05, 0.1) is 23.7 Å². The molecule has 5 nitrogen and oxygen atoms in total. The number of sulfone groups is 1. The second-order valence-electron chi connectivity index (χ2n) is 5.67. The molecular weight excluding hydrogens is 307 g/mol. The van der Waals surface area contributed by atoms with Gasteiger partial charge in [-0.1, -0.05) is 0 Å². The Labute approximate surface area is 120 Å². The molecule has 0 radical (unpaired) electrons. The van der Waals surface area contributed by atoms with E-state index in [0.717, 1.165) is 17.5 Å². The van der Waals surface area contributed by atoms with Gasteiger partial charge in [-0.2, -0.15) is 18.3 Å². The Morgan fingerprint density at radius 1 is 1.33 bits per heavy atom.